The molecule has 0 spiro atoms. The number of nitrogens with one attached hydrogen (secondary N) is 2. The number of thiophene rings is 1. The van der Waals surface area contributed by atoms with Crippen LogP contribution in [0.25, 0.3) is 10.2 Å². The van der Waals surface area contributed by atoms with Crippen LogP contribution < -0.4 is 10.9 Å². The second-order valence-electron chi connectivity index (χ2n) is 5.98. The largest absolute Gasteiger partial charge is 0.351 e. The topological polar surface area (TPSA) is 74.8 Å². The summed E-state index contributed by atoms with van der Waals surface area (Å²) in [5.74, 6) is 0.830. The molecule has 1 fully saturated rings. The highest BCUT2D eigenvalue weighted by atomic mass is 32.1. The summed E-state index contributed by atoms with van der Waals surface area (Å²) >= 11 is 1.45. The molecule has 2 N–H and O–H groups in total. The van der Waals surface area contributed by atoms with Gasteiger partial charge in [-0.3, -0.25) is 9.59 Å². The highest BCUT2D eigenvalue weighted by Crippen LogP contribution is 2.27. The van der Waals surface area contributed by atoms with Gasteiger partial charge in [-0.05, 0) is 18.4 Å². The van der Waals surface area contributed by atoms with Gasteiger partial charge in [0.15, 0.2) is 0 Å². The third-order valence-electron chi connectivity index (χ3n) is 4.35. The number of nitrogens with zero attached hydrogens (tertiary/aromatic N) is 1. The Morgan fingerprint density at radius 2 is 2.18 bits per heavy atom. The molecule has 0 saturated heterocycles. The Morgan fingerprint density at radius 1 is 1.36 bits per heavy atom. The second-order valence-corrected chi connectivity index (χ2v) is 7.10. The van der Waals surface area contributed by atoms with Crippen molar-refractivity contribution in [2.45, 2.75) is 51.5 Å². The van der Waals surface area contributed by atoms with Crippen molar-refractivity contribution in [1.29, 1.82) is 0 Å². The SMILES string of the molecule is O=C(CCC1CCCCC1)NCc1cc2c(=O)[nH]cnc2s1. The third kappa shape index (κ3) is 3.74. The Bertz CT molecular complexity index is 701. The number of rotatable bonds is 5. The van der Waals surface area contributed by atoms with Crippen molar-refractivity contribution in [3.63, 3.8) is 0 Å². The van der Waals surface area contributed by atoms with Gasteiger partial charge in [0.1, 0.15) is 4.83 Å². The molecule has 0 radical (unpaired) electrons. The van der Waals surface area contributed by atoms with Crippen LogP contribution >= 0.6 is 11.3 Å². The first-order valence-electron chi connectivity index (χ1n) is 7.95. The summed E-state index contributed by atoms with van der Waals surface area (Å²) in [6, 6.07) is 1.81. The zero-order chi connectivity index (χ0) is 15.4. The summed E-state index contributed by atoms with van der Waals surface area (Å²) in [5, 5.41) is 3.55. The number of amides is 1. The first kappa shape index (κ1) is 15.2. The summed E-state index contributed by atoms with van der Waals surface area (Å²) in [6.45, 7) is 0.476. The highest BCUT2D eigenvalue weighted by molar-refractivity contribution is 7.18. The molecule has 0 aliphatic heterocycles. The molecule has 2 aromatic heterocycles. The van der Waals surface area contributed by atoms with Crippen molar-refractivity contribution >= 4 is 27.5 Å². The number of hydrogen-bond donors (Lipinski definition) is 2. The third-order valence-corrected chi connectivity index (χ3v) is 5.39. The maximum atomic E-state index is 12.0. The van der Waals surface area contributed by atoms with Gasteiger partial charge in [0.2, 0.25) is 5.91 Å². The van der Waals surface area contributed by atoms with E-state index in [-0.39, 0.29) is 11.5 Å². The number of H-pyrrole nitrogens is 1. The molecule has 0 bridgehead atoms. The van der Waals surface area contributed by atoms with Crippen molar-refractivity contribution in [2.24, 2.45) is 5.92 Å². The van der Waals surface area contributed by atoms with E-state index in [1.807, 2.05) is 6.07 Å². The van der Waals surface area contributed by atoms with Gasteiger partial charge in [0.25, 0.3) is 5.56 Å². The van der Waals surface area contributed by atoms with Gasteiger partial charge in [0.05, 0.1) is 18.3 Å². The molecule has 1 amide bonds. The van der Waals surface area contributed by atoms with Crippen molar-refractivity contribution in [2.75, 3.05) is 0 Å². The van der Waals surface area contributed by atoms with Gasteiger partial charge in [-0.2, -0.15) is 0 Å². The monoisotopic (exact) mass is 319 g/mol. The molecule has 2 heterocycles. The summed E-state index contributed by atoms with van der Waals surface area (Å²) in [7, 11) is 0. The van der Waals surface area contributed by atoms with Gasteiger partial charge in [0, 0.05) is 11.3 Å². The number of fused-ring (bicyclic) bond motifs is 1. The van der Waals surface area contributed by atoms with Crippen LogP contribution in [0.15, 0.2) is 17.2 Å². The molecule has 0 unspecified atom stereocenters. The van der Waals surface area contributed by atoms with Crippen LogP contribution in [0.1, 0.15) is 49.8 Å². The van der Waals surface area contributed by atoms with Crippen molar-refractivity contribution in [3.8, 4) is 0 Å². The maximum absolute atomic E-state index is 12.0. The van der Waals surface area contributed by atoms with Gasteiger partial charge >= 0.3 is 0 Å². The Labute approximate surface area is 133 Å². The first-order chi connectivity index (χ1) is 10.7. The minimum Gasteiger partial charge on any atom is -0.351 e. The van der Waals surface area contributed by atoms with Crippen molar-refractivity contribution < 1.29 is 4.79 Å². The molecule has 0 atom stereocenters. The van der Waals surface area contributed by atoms with Crippen LogP contribution in [0, 0.1) is 5.92 Å². The average Bonchev–Trinajstić information content (AvgIpc) is 2.96. The van der Waals surface area contributed by atoms with E-state index < -0.39 is 0 Å². The van der Waals surface area contributed by atoms with E-state index in [0.29, 0.717) is 18.4 Å². The quantitative estimate of drug-likeness (QED) is 0.889. The number of aromatic amines is 1. The summed E-state index contributed by atoms with van der Waals surface area (Å²) in [4.78, 5) is 32.0. The predicted molar refractivity (Wildman–Crippen MR) is 87.9 cm³/mol. The molecule has 22 heavy (non-hydrogen) atoms. The lowest BCUT2D eigenvalue weighted by Crippen LogP contribution is -2.23. The van der Waals surface area contributed by atoms with E-state index in [1.165, 1.54) is 49.8 Å². The molecule has 1 saturated carbocycles. The molecular weight excluding hydrogens is 298 g/mol. The van der Waals surface area contributed by atoms with Crippen LogP contribution in [-0.4, -0.2) is 15.9 Å². The van der Waals surface area contributed by atoms with Gasteiger partial charge in [-0.1, -0.05) is 32.1 Å². The van der Waals surface area contributed by atoms with Gasteiger partial charge < -0.3 is 10.3 Å². The standard InChI is InChI=1S/C16H21N3O2S/c20-14(7-6-11-4-2-1-3-5-11)17-9-12-8-13-15(21)18-10-19-16(13)22-12/h8,10-11H,1-7,9H2,(H,17,20)(H,18,19,21). The van der Waals surface area contributed by atoms with Crippen LogP contribution in [0.3, 0.4) is 0 Å². The number of hydrogen-bond acceptors (Lipinski definition) is 4. The lowest BCUT2D eigenvalue weighted by molar-refractivity contribution is -0.121. The highest BCUT2D eigenvalue weighted by Gasteiger charge is 2.15. The fraction of sp³-hybridized carbons (Fsp3) is 0.562. The Morgan fingerprint density at radius 3 is 2.95 bits per heavy atom. The van der Waals surface area contributed by atoms with Crippen molar-refractivity contribution in [1.82, 2.24) is 15.3 Å². The number of carbonyl (C=O) groups is 1. The molecule has 5 nitrogen and oxygen atoms in total. The van der Waals surface area contributed by atoms with E-state index in [9.17, 15) is 9.59 Å². The fourth-order valence-corrected chi connectivity index (χ4v) is 4.03. The molecule has 2 aromatic rings. The van der Waals surface area contributed by atoms with Crippen LogP contribution in [0.2, 0.25) is 0 Å². The Hall–Kier alpha value is -1.69. The molecule has 1 aliphatic rings. The smallest absolute Gasteiger partial charge is 0.259 e. The molecule has 3 rings (SSSR count). The fourth-order valence-electron chi connectivity index (χ4n) is 3.09. The average molecular weight is 319 g/mol. The van der Waals surface area contributed by atoms with Crippen LogP contribution in [0.5, 0.6) is 0 Å². The zero-order valence-electron chi connectivity index (χ0n) is 12.6. The van der Waals surface area contributed by atoms with E-state index in [2.05, 4.69) is 15.3 Å². The van der Waals surface area contributed by atoms with Crippen molar-refractivity contribution in [3.05, 3.63) is 27.6 Å². The minimum atomic E-state index is -0.129. The molecule has 118 valence electrons. The first-order valence-corrected chi connectivity index (χ1v) is 8.77. The summed E-state index contributed by atoms with van der Waals surface area (Å²) in [6.07, 6.45) is 9.55. The molecule has 1 aliphatic carbocycles. The van der Waals surface area contributed by atoms with Gasteiger partial charge in [-0.15, -0.1) is 11.3 Å². The zero-order valence-corrected chi connectivity index (χ0v) is 13.4. The summed E-state index contributed by atoms with van der Waals surface area (Å²) < 4.78 is 0. The van der Waals surface area contributed by atoms with E-state index in [1.54, 1.807) is 0 Å². The van der Waals surface area contributed by atoms with E-state index in [4.69, 9.17) is 0 Å². The second kappa shape index (κ2) is 7.05. The number of carbonyl (C=O) groups excluding carboxylic acids is 1. The minimum absolute atomic E-state index is 0.102. The predicted octanol–water partition coefficient (Wildman–Crippen LogP) is 2.96. The normalized spacial score (nSPS) is 16.0. The van der Waals surface area contributed by atoms with Crippen LogP contribution in [0.4, 0.5) is 0 Å². The Kier molecular flexibility index (Phi) is 4.87. The molecular formula is C16H21N3O2S. The molecule has 0 aromatic carbocycles. The number of aromatic nitrogens is 2. The molecule has 6 heteroatoms. The van der Waals surface area contributed by atoms with E-state index >= 15 is 0 Å². The Balaban J connectivity index is 1.49. The van der Waals surface area contributed by atoms with Gasteiger partial charge in [-0.25, -0.2) is 4.98 Å². The lowest BCUT2D eigenvalue weighted by atomic mass is 9.86. The van der Waals surface area contributed by atoms with E-state index in [0.717, 1.165) is 22.0 Å². The maximum Gasteiger partial charge on any atom is 0.259 e. The lowest BCUT2D eigenvalue weighted by Gasteiger charge is -2.20. The summed E-state index contributed by atoms with van der Waals surface area (Å²) in [5.41, 5.74) is -0.129. The van der Waals surface area contributed by atoms with Crippen LogP contribution in [-0.2, 0) is 11.3 Å².